The van der Waals surface area contributed by atoms with Gasteiger partial charge in [-0.2, -0.15) is 15.2 Å². The number of rotatable bonds is 8. The third-order valence-corrected chi connectivity index (χ3v) is 7.89. The molecule has 0 aliphatic carbocycles. The van der Waals surface area contributed by atoms with E-state index < -0.39 is 0 Å². The van der Waals surface area contributed by atoms with Crippen LogP contribution in [0.15, 0.2) is 30.9 Å². The lowest BCUT2D eigenvalue weighted by atomic mass is 9.84. The van der Waals surface area contributed by atoms with E-state index >= 15 is 0 Å². The number of hydrogen-bond acceptors (Lipinski definition) is 9. The molecule has 1 amide bonds. The Kier molecular flexibility index (Phi) is 6.86. The normalized spacial score (nSPS) is 19.3. The van der Waals surface area contributed by atoms with E-state index in [1.54, 1.807) is 28.0 Å². The molecule has 0 saturated carbocycles. The maximum atomic E-state index is 13.0. The maximum absolute atomic E-state index is 13.0. The van der Waals surface area contributed by atoms with E-state index in [-0.39, 0.29) is 5.91 Å². The number of amides is 1. The van der Waals surface area contributed by atoms with Gasteiger partial charge in [-0.15, -0.1) is 0 Å². The van der Waals surface area contributed by atoms with E-state index in [2.05, 4.69) is 46.0 Å². The number of anilines is 4. The predicted octanol–water partition coefficient (Wildman–Crippen LogP) is 3.42. The maximum Gasteiger partial charge on any atom is 0.252 e. The summed E-state index contributed by atoms with van der Waals surface area (Å²) in [4.78, 5) is 29.2. The van der Waals surface area contributed by atoms with Crippen molar-refractivity contribution in [2.75, 3.05) is 23.7 Å². The van der Waals surface area contributed by atoms with E-state index in [0.29, 0.717) is 47.3 Å². The average Bonchev–Trinajstić information content (AvgIpc) is 3.46. The van der Waals surface area contributed by atoms with E-state index in [1.165, 1.54) is 38.5 Å². The molecule has 2 saturated heterocycles. The molecule has 3 N–H and O–H groups in total. The minimum Gasteiger partial charge on any atom is -0.351 e. The summed E-state index contributed by atoms with van der Waals surface area (Å²) in [6.07, 6.45) is 14.7. The molecule has 0 radical (unpaired) electrons. The van der Waals surface area contributed by atoms with Crippen LogP contribution in [-0.4, -0.2) is 70.5 Å². The van der Waals surface area contributed by atoms with Gasteiger partial charge in [0.05, 0.1) is 34.2 Å². The van der Waals surface area contributed by atoms with Crippen molar-refractivity contribution >= 4 is 40.1 Å². The largest absolute Gasteiger partial charge is 0.351 e. The molecule has 0 spiro atoms. The summed E-state index contributed by atoms with van der Waals surface area (Å²) in [6, 6.07) is 3.20. The van der Waals surface area contributed by atoms with Crippen LogP contribution in [0.1, 0.15) is 54.6 Å². The van der Waals surface area contributed by atoms with E-state index in [0.717, 1.165) is 23.3 Å². The summed E-state index contributed by atoms with van der Waals surface area (Å²) in [6.45, 7) is 3.44. The molecule has 2 bridgehead atoms. The SMILES string of the molecule is Cc1ncc(C(=O)NCCN2C3CCCC2CCC3)cc1Nc1nn(C)c2nc(Nc3cnn(C)c3)ncc12. The number of hydrogen-bond donors (Lipinski definition) is 3. The smallest absolute Gasteiger partial charge is 0.252 e. The summed E-state index contributed by atoms with van der Waals surface area (Å²) in [5.74, 6) is 0.933. The van der Waals surface area contributed by atoms with Crippen LogP contribution in [0.25, 0.3) is 11.0 Å². The fourth-order valence-corrected chi connectivity index (χ4v) is 5.91. The van der Waals surface area contributed by atoms with Crippen molar-refractivity contribution in [3.8, 4) is 0 Å². The Morgan fingerprint density at radius 2 is 1.79 bits per heavy atom. The van der Waals surface area contributed by atoms with E-state index in [1.807, 2.05) is 33.3 Å². The lowest BCUT2D eigenvalue weighted by Crippen LogP contribution is -2.52. The highest BCUT2D eigenvalue weighted by molar-refractivity contribution is 5.96. The minimum absolute atomic E-state index is 0.118. The lowest BCUT2D eigenvalue weighted by Gasteiger charge is -2.46. The Labute approximate surface area is 227 Å². The zero-order valence-electron chi connectivity index (χ0n) is 22.7. The van der Waals surface area contributed by atoms with Crippen LogP contribution in [-0.2, 0) is 14.1 Å². The highest BCUT2D eigenvalue weighted by atomic mass is 16.1. The van der Waals surface area contributed by atoms with Crippen molar-refractivity contribution in [2.45, 2.75) is 57.5 Å². The second kappa shape index (κ2) is 10.6. The summed E-state index contributed by atoms with van der Waals surface area (Å²) < 4.78 is 3.40. The zero-order chi connectivity index (χ0) is 26.9. The molecule has 6 heterocycles. The third-order valence-electron chi connectivity index (χ3n) is 7.89. The quantitative estimate of drug-likeness (QED) is 0.314. The fraction of sp³-hybridized carbons (Fsp3) is 0.481. The number of carbonyl (C=O) groups is 1. The zero-order valence-corrected chi connectivity index (χ0v) is 22.7. The molecular formula is C27H35N11O. The van der Waals surface area contributed by atoms with Crippen LogP contribution in [0.3, 0.4) is 0 Å². The summed E-state index contributed by atoms with van der Waals surface area (Å²) in [5, 5.41) is 19.1. The Bertz CT molecular complexity index is 1470. The first-order chi connectivity index (χ1) is 18.9. The number of pyridine rings is 1. The Morgan fingerprint density at radius 3 is 2.51 bits per heavy atom. The lowest BCUT2D eigenvalue weighted by molar-refractivity contribution is 0.0412. The molecule has 2 aliphatic rings. The number of carbonyl (C=O) groups excluding carboxylic acids is 1. The second-order valence-corrected chi connectivity index (χ2v) is 10.6. The van der Waals surface area contributed by atoms with Crippen LogP contribution in [0.4, 0.5) is 23.1 Å². The number of nitrogens with zero attached hydrogens (tertiary/aromatic N) is 8. The van der Waals surface area contributed by atoms with Gasteiger partial charge in [0.2, 0.25) is 5.95 Å². The van der Waals surface area contributed by atoms with Gasteiger partial charge in [0.15, 0.2) is 11.5 Å². The molecule has 0 aromatic carbocycles. The average molecular weight is 530 g/mol. The Balaban J connectivity index is 1.13. The molecule has 0 atom stereocenters. The first-order valence-electron chi connectivity index (χ1n) is 13.7. The van der Waals surface area contributed by atoms with Gasteiger partial charge < -0.3 is 16.0 Å². The number of aromatic nitrogens is 7. The summed E-state index contributed by atoms with van der Waals surface area (Å²) in [5.41, 5.74) is 3.46. The first-order valence-corrected chi connectivity index (χ1v) is 13.7. The standard InChI is InChI=1S/C27H35N11O/c1-17-23(12-18(13-29-17)26(39)28-10-11-38-20-6-4-7-21(38)9-5-8-20)33-24-22-15-30-27(34-25(22)37(3)35-24)32-19-14-31-36(2)16-19/h12-16,20-21H,4-11H2,1-3H3,(H,28,39)(H,33,35)(H,30,32,34). The second-order valence-electron chi connectivity index (χ2n) is 10.6. The number of piperidine rings is 2. The van der Waals surface area contributed by atoms with Gasteiger partial charge in [-0.05, 0) is 38.7 Å². The van der Waals surface area contributed by atoms with Crippen LogP contribution in [0.5, 0.6) is 0 Å². The van der Waals surface area contributed by atoms with Crippen LogP contribution < -0.4 is 16.0 Å². The molecule has 6 rings (SSSR count). The molecule has 4 aromatic rings. The highest BCUT2D eigenvalue weighted by Gasteiger charge is 2.33. The van der Waals surface area contributed by atoms with Crippen molar-refractivity contribution in [1.82, 2.24) is 44.7 Å². The molecule has 39 heavy (non-hydrogen) atoms. The molecule has 12 nitrogen and oxygen atoms in total. The van der Waals surface area contributed by atoms with Gasteiger partial charge in [0.25, 0.3) is 5.91 Å². The fourth-order valence-electron chi connectivity index (χ4n) is 5.91. The Hall–Kier alpha value is -4.06. The molecule has 204 valence electrons. The van der Waals surface area contributed by atoms with E-state index in [9.17, 15) is 4.79 Å². The monoisotopic (exact) mass is 529 g/mol. The molecular weight excluding hydrogens is 494 g/mol. The molecule has 2 fully saturated rings. The van der Waals surface area contributed by atoms with Crippen molar-refractivity contribution in [3.05, 3.63) is 42.1 Å². The van der Waals surface area contributed by atoms with Gasteiger partial charge in [-0.1, -0.05) is 12.8 Å². The number of fused-ring (bicyclic) bond motifs is 3. The number of aryl methyl sites for hydroxylation is 3. The Morgan fingerprint density at radius 1 is 1.03 bits per heavy atom. The van der Waals surface area contributed by atoms with Crippen molar-refractivity contribution < 1.29 is 4.79 Å². The molecule has 0 unspecified atom stereocenters. The molecule has 4 aromatic heterocycles. The van der Waals surface area contributed by atoms with Crippen molar-refractivity contribution in [3.63, 3.8) is 0 Å². The minimum atomic E-state index is -0.118. The van der Waals surface area contributed by atoms with Gasteiger partial charge in [-0.3, -0.25) is 19.4 Å². The van der Waals surface area contributed by atoms with Gasteiger partial charge in [-0.25, -0.2) is 9.67 Å². The van der Waals surface area contributed by atoms with Crippen LogP contribution in [0, 0.1) is 6.92 Å². The molecule has 12 heteroatoms. The summed E-state index contributed by atoms with van der Waals surface area (Å²) >= 11 is 0. The van der Waals surface area contributed by atoms with E-state index in [4.69, 9.17) is 0 Å². The van der Waals surface area contributed by atoms with Crippen molar-refractivity contribution in [2.24, 2.45) is 14.1 Å². The van der Waals surface area contributed by atoms with Crippen LogP contribution in [0.2, 0.25) is 0 Å². The van der Waals surface area contributed by atoms with Gasteiger partial charge in [0.1, 0.15) is 0 Å². The van der Waals surface area contributed by atoms with Gasteiger partial charge >= 0.3 is 0 Å². The topological polar surface area (TPSA) is 131 Å². The number of nitrogens with one attached hydrogen (secondary N) is 3. The highest BCUT2D eigenvalue weighted by Crippen LogP contribution is 2.33. The van der Waals surface area contributed by atoms with Crippen LogP contribution >= 0.6 is 0 Å². The van der Waals surface area contributed by atoms with Crippen molar-refractivity contribution in [1.29, 1.82) is 0 Å². The first kappa shape index (κ1) is 25.2. The third kappa shape index (κ3) is 5.29. The summed E-state index contributed by atoms with van der Waals surface area (Å²) in [7, 11) is 3.68. The molecule has 2 aliphatic heterocycles. The predicted molar refractivity (Wildman–Crippen MR) is 149 cm³/mol. The van der Waals surface area contributed by atoms with Gasteiger partial charge in [0, 0.05) is 57.9 Å².